The van der Waals surface area contributed by atoms with Crippen molar-refractivity contribution in [3.05, 3.63) is 0 Å². The fourth-order valence-electron chi connectivity index (χ4n) is 1.20. The van der Waals surface area contributed by atoms with E-state index in [9.17, 15) is 9.59 Å². The van der Waals surface area contributed by atoms with Crippen molar-refractivity contribution in [3.8, 4) is 0 Å². The molecule has 5 heteroatoms. The smallest absolute Gasteiger partial charge is 0.326 e. The van der Waals surface area contributed by atoms with Crippen LogP contribution in [0.5, 0.6) is 0 Å². The molecule has 0 aliphatic rings. The first-order valence-corrected chi connectivity index (χ1v) is 5.23. The van der Waals surface area contributed by atoms with E-state index in [1.807, 2.05) is 13.8 Å². The number of carboxylic acid groups (broad SMARTS) is 1. The molecule has 0 aliphatic carbocycles. The van der Waals surface area contributed by atoms with Crippen LogP contribution >= 0.6 is 0 Å². The highest BCUT2D eigenvalue weighted by Crippen LogP contribution is 2.01. The standard InChI is InChI=1S/C10H20N2O3/c1-3-4-8(10(14)15)12-9(13)5-7(2)6-11/h7-8H,3-6,11H2,1-2H3,(H,12,13)(H,14,15)/t7?,8-/m0/s1. The number of rotatable bonds is 7. The number of amides is 1. The maximum Gasteiger partial charge on any atom is 0.326 e. The summed E-state index contributed by atoms with van der Waals surface area (Å²) in [7, 11) is 0. The van der Waals surface area contributed by atoms with Gasteiger partial charge in [-0.25, -0.2) is 4.79 Å². The minimum atomic E-state index is -0.981. The van der Waals surface area contributed by atoms with E-state index in [-0.39, 0.29) is 18.2 Å². The van der Waals surface area contributed by atoms with E-state index in [1.54, 1.807) is 0 Å². The van der Waals surface area contributed by atoms with Gasteiger partial charge in [0.05, 0.1) is 0 Å². The second-order valence-corrected chi connectivity index (χ2v) is 3.79. The third-order valence-corrected chi connectivity index (χ3v) is 2.15. The van der Waals surface area contributed by atoms with Gasteiger partial charge in [-0.1, -0.05) is 20.3 Å². The SMILES string of the molecule is CCC[C@H](NC(=O)CC(C)CN)C(=O)O. The van der Waals surface area contributed by atoms with Crippen LogP contribution in [0.15, 0.2) is 0 Å². The first kappa shape index (κ1) is 13.9. The van der Waals surface area contributed by atoms with Gasteiger partial charge in [0, 0.05) is 6.42 Å². The number of hydrogen-bond acceptors (Lipinski definition) is 3. The van der Waals surface area contributed by atoms with E-state index in [1.165, 1.54) is 0 Å². The lowest BCUT2D eigenvalue weighted by Crippen LogP contribution is -2.41. The molecular weight excluding hydrogens is 196 g/mol. The Bertz CT molecular complexity index is 219. The van der Waals surface area contributed by atoms with Crippen LogP contribution in [-0.4, -0.2) is 29.6 Å². The topological polar surface area (TPSA) is 92.4 Å². The molecular formula is C10H20N2O3. The molecule has 2 atom stereocenters. The summed E-state index contributed by atoms with van der Waals surface area (Å²) in [5.74, 6) is -1.14. The van der Waals surface area contributed by atoms with Crippen molar-refractivity contribution < 1.29 is 14.7 Å². The Morgan fingerprint density at radius 1 is 1.47 bits per heavy atom. The van der Waals surface area contributed by atoms with Crippen molar-refractivity contribution >= 4 is 11.9 Å². The average Bonchev–Trinajstić information content (AvgIpc) is 2.16. The van der Waals surface area contributed by atoms with Gasteiger partial charge < -0.3 is 16.2 Å². The van der Waals surface area contributed by atoms with Crippen LogP contribution in [0.2, 0.25) is 0 Å². The van der Waals surface area contributed by atoms with Crippen LogP contribution in [-0.2, 0) is 9.59 Å². The number of carboxylic acids is 1. The molecule has 0 rings (SSSR count). The predicted octanol–water partition coefficient (Wildman–Crippen LogP) is 0.341. The van der Waals surface area contributed by atoms with Crippen molar-refractivity contribution in [2.75, 3.05) is 6.54 Å². The molecule has 15 heavy (non-hydrogen) atoms. The Hall–Kier alpha value is -1.10. The molecule has 0 saturated heterocycles. The summed E-state index contributed by atoms with van der Waals surface area (Å²) in [4.78, 5) is 22.1. The van der Waals surface area contributed by atoms with Crippen molar-refractivity contribution in [2.24, 2.45) is 11.7 Å². The molecule has 0 saturated carbocycles. The summed E-state index contributed by atoms with van der Waals surface area (Å²) in [6.45, 7) is 4.17. The molecule has 1 unspecified atom stereocenters. The zero-order chi connectivity index (χ0) is 11.8. The van der Waals surface area contributed by atoms with Crippen molar-refractivity contribution in [1.29, 1.82) is 0 Å². The minimum absolute atomic E-state index is 0.0843. The summed E-state index contributed by atoms with van der Waals surface area (Å²) in [5, 5.41) is 11.3. The van der Waals surface area contributed by atoms with E-state index in [2.05, 4.69) is 5.32 Å². The van der Waals surface area contributed by atoms with E-state index in [0.717, 1.165) is 6.42 Å². The third-order valence-electron chi connectivity index (χ3n) is 2.15. The van der Waals surface area contributed by atoms with E-state index in [0.29, 0.717) is 13.0 Å². The summed E-state index contributed by atoms with van der Waals surface area (Å²) < 4.78 is 0. The molecule has 0 aromatic carbocycles. The van der Waals surface area contributed by atoms with Crippen LogP contribution in [0, 0.1) is 5.92 Å². The Labute approximate surface area is 90.0 Å². The zero-order valence-electron chi connectivity index (χ0n) is 9.32. The number of nitrogens with one attached hydrogen (secondary N) is 1. The maximum absolute atomic E-state index is 11.4. The second kappa shape index (κ2) is 7.23. The highest BCUT2D eigenvalue weighted by atomic mass is 16.4. The van der Waals surface area contributed by atoms with Gasteiger partial charge in [-0.15, -0.1) is 0 Å². The number of carbonyl (C=O) groups is 2. The third kappa shape index (κ3) is 6.06. The van der Waals surface area contributed by atoms with E-state index in [4.69, 9.17) is 10.8 Å². The van der Waals surface area contributed by atoms with Crippen LogP contribution in [0.25, 0.3) is 0 Å². The Kier molecular flexibility index (Phi) is 6.70. The van der Waals surface area contributed by atoms with Crippen LogP contribution in [0.3, 0.4) is 0 Å². The van der Waals surface area contributed by atoms with Gasteiger partial charge in [-0.2, -0.15) is 0 Å². The van der Waals surface area contributed by atoms with E-state index >= 15 is 0 Å². The van der Waals surface area contributed by atoms with Gasteiger partial charge in [0.15, 0.2) is 0 Å². The molecule has 0 spiro atoms. The van der Waals surface area contributed by atoms with Crippen LogP contribution < -0.4 is 11.1 Å². The first-order chi connectivity index (χ1) is 7.01. The van der Waals surface area contributed by atoms with E-state index < -0.39 is 12.0 Å². The fraction of sp³-hybridized carbons (Fsp3) is 0.800. The fourth-order valence-corrected chi connectivity index (χ4v) is 1.20. The Morgan fingerprint density at radius 3 is 2.47 bits per heavy atom. The summed E-state index contributed by atoms with van der Waals surface area (Å²) >= 11 is 0. The van der Waals surface area contributed by atoms with Gasteiger partial charge >= 0.3 is 5.97 Å². The number of carbonyl (C=O) groups excluding carboxylic acids is 1. The molecule has 0 bridgehead atoms. The molecule has 0 aliphatic heterocycles. The highest BCUT2D eigenvalue weighted by molar-refractivity contribution is 5.83. The van der Waals surface area contributed by atoms with Crippen molar-refractivity contribution in [2.45, 2.75) is 39.2 Å². The van der Waals surface area contributed by atoms with Crippen LogP contribution in [0.1, 0.15) is 33.1 Å². The zero-order valence-corrected chi connectivity index (χ0v) is 9.32. The van der Waals surface area contributed by atoms with Crippen LogP contribution in [0.4, 0.5) is 0 Å². The van der Waals surface area contributed by atoms with Gasteiger partial charge in [0.2, 0.25) is 5.91 Å². The summed E-state index contributed by atoms with van der Waals surface area (Å²) in [5.41, 5.74) is 5.37. The lowest BCUT2D eigenvalue weighted by atomic mass is 10.1. The summed E-state index contributed by atoms with van der Waals surface area (Å²) in [6, 6.07) is -0.771. The number of aliphatic carboxylic acids is 1. The minimum Gasteiger partial charge on any atom is -0.480 e. The van der Waals surface area contributed by atoms with Gasteiger partial charge in [0.25, 0.3) is 0 Å². The molecule has 0 aromatic rings. The molecule has 0 heterocycles. The normalized spacial score (nSPS) is 14.3. The quantitative estimate of drug-likeness (QED) is 0.572. The second-order valence-electron chi connectivity index (χ2n) is 3.79. The molecule has 0 fully saturated rings. The molecule has 0 aromatic heterocycles. The molecule has 0 radical (unpaired) electrons. The van der Waals surface area contributed by atoms with Crippen molar-refractivity contribution in [3.63, 3.8) is 0 Å². The highest BCUT2D eigenvalue weighted by Gasteiger charge is 2.19. The summed E-state index contributed by atoms with van der Waals surface area (Å²) in [6.07, 6.45) is 1.46. The number of nitrogens with two attached hydrogens (primary N) is 1. The van der Waals surface area contributed by atoms with Gasteiger partial charge in [-0.05, 0) is 18.9 Å². The Balaban J connectivity index is 4.05. The van der Waals surface area contributed by atoms with Gasteiger partial charge in [0.1, 0.15) is 6.04 Å². The monoisotopic (exact) mass is 216 g/mol. The average molecular weight is 216 g/mol. The molecule has 4 N–H and O–H groups in total. The van der Waals surface area contributed by atoms with Crippen molar-refractivity contribution in [1.82, 2.24) is 5.32 Å². The number of hydrogen-bond donors (Lipinski definition) is 3. The van der Waals surface area contributed by atoms with Gasteiger partial charge in [-0.3, -0.25) is 4.79 Å². The Morgan fingerprint density at radius 2 is 2.07 bits per heavy atom. The first-order valence-electron chi connectivity index (χ1n) is 5.23. The molecule has 5 nitrogen and oxygen atoms in total. The molecule has 1 amide bonds. The lowest BCUT2D eigenvalue weighted by Gasteiger charge is -2.15. The largest absolute Gasteiger partial charge is 0.480 e. The predicted molar refractivity (Wildman–Crippen MR) is 57.3 cm³/mol. The molecule has 88 valence electrons. The lowest BCUT2D eigenvalue weighted by molar-refractivity contribution is -0.142. The maximum atomic E-state index is 11.4.